The topological polar surface area (TPSA) is 47.0 Å². The first-order valence-electron chi connectivity index (χ1n) is 6.04. The molecule has 2 aromatic heterocycles. The van der Waals surface area contributed by atoms with Gasteiger partial charge >= 0.3 is 0 Å². The quantitative estimate of drug-likeness (QED) is 0.792. The summed E-state index contributed by atoms with van der Waals surface area (Å²) >= 11 is 7.71. The molecule has 0 atom stereocenters. The second-order valence-electron chi connectivity index (χ2n) is 4.16. The summed E-state index contributed by atoms with van der Waals surface area (Å²) in [6, 6.07) is 7.58. The van der Waals surface area contributed by atoms with Gasteiger partial charge in [0.1, 0.15) is 11.3 Å². The lowest BCUT2D eigenvalue weighted by Gasteiger charge is -2.01. The van der Waals surface area contributed by atoms with Crippen LogP contribution in [0.3, 0.4) is 0 Å². The Balaban J connectivity index is 1.88. The largest absolute Gasteiger partial charge is 0.494 e. The van der Waals surface area contributed by atoms with Crippen LogP contribution in [0, 0.1) is 0 Å². The van der Waals surface area contributed by atoms with Gasteiger partial charge < -0.3 is 10.1 Å². The number of hydrogen-bond donors (Lipinski definition) is 1. The number of fused-ring (bicyclic) bond motifs is 1. The molecule has 0 unspecified atom stereocenters. The maximum Gasteiger partial charge on any atom is 0.184 e. The van der Waals surface area contributed by atoms with Gasteiger partial charge in [-0.3, -0.25) is 4.98 Å². The van der Waals surface area contributed by atoms with Crippen molar-refractivity contribution < 1.29 is 4.74 Å². The van der Waals surface area contributed by atoms with Gasteiger partial charge in [-0.05, 0) is 23.8 Å². The third-order valence-electron chi connectivity index (χ3n) is 2.84. The third-order valence-corrected chi connectivity index (χ3v) is 4.32. The highest BCUT2D eigenvalue weighted by Crippen LogP contribution is 2.37. The summed E-state index contributed by atoms with van der Waals surface area (Å²) in [6.07, 6.45) is 3.58. The SMILES string of the molecule is COc1ccc(Cl)c2sc(NCc3cccnc3)nc12. The fraction of sp³-hybridized carbons (Fsp3) is 0.143. The zero-order chi connectivity index (χ0) is 13.9. The molecule has 0 aliphatic rings. The lowest BCUT2D eigenvalue weighted by molar-refractivity contribution is 0.419. The fourth-order valence-corrected chi connectivity index (χ4v) is 3.02. The smallest absolute Gasteiger partial charge is 0.184 e. The molecule has 0 fully saturated rings. The van der Waals surface area contributed by atoms with E-state index in [2.05, 4.69) is 15.3 Å². The Hall–Kier alpha value is -1.85. The highest BCUT2D eigenvalue weighted by Gasteiger charge is 2.11. The molecule has 20 heavy (non-hydrogen) atoms. The van der Waals surface area contributed by atoms with Crippen LogP contribution in [-0.2, 0) is 6.54 Å². The molecule has 0 aliphatic heterocycles. The fourth-order valence-electron chi connectivity index (χ4n) is 1.87. The maximum atomic E-state index is 6.19. The van der Waals surface area contributed by atoms with E-state index < -0.39 is 0 Å². The zero-order valence-electron chi connectivity index (χ0n) is 10.8. The predicted molar refractivity (Wildman–Crippen MR) is 82.7 cm³/mol. The minimum Gasteiger partial charge on any atom is -0.494 e. The molecular weight excluding hydrogens is 294 g/mol. The van der Waals surface area contributed by atoms with E-state index in [1.54, 1.807) is 13.3 Å². The minimum atomic E-state index is 0.674. The summed E-state index contributed by atoms with van der Waals surface area (Å²) in [7, 11) is 1.63. The van der Waals surface area contributed by atoms with Crippen LogP contribution in [0.25, 0.3) is 10.2 Å². The minimum absolute atomic E-state index is 0.674. The first kappa shape index (κ1) is 13.1. The van der Waals surface area contributed by atoms with E-state index in [9.17, 15) is 0 Å². The molecule has 1 aromatic carbocycles. The molecule has 0 spiro atoms. The van der Waals surface area contributed by atoms with Crippen LogP contribution in [-0.4, -0.2) is 17.1 Å². The van der Waals surface area contributed by atoms with Crippen molar-refractivity contribution >= 4 is 38.3 Å². The Bertz CT molecular complexity index is 730. The molecule has 0 aliphatic carbocycles. The van der Waals surface area contributed by atoms with Gasteiger partial charge in [-0.25, -0.2) is 4.98 Å². The molecule has 3 rings (SSSR count). The van der Waals surface area contributed by atoms with Crippen molar-refractivity contribution in [2.45, 2.75) is 6.54 Å². The molecule has 102 valence electrons. The van der Waals surface area contributed by atoms with Crippen molar-refractivity contribution in [1.29, 1.82) is 0 Å². The molecule has 0 amide bonds. The number of rotatable bonds is 4. The van der Waals surface area contributed by atoms with Gasteiger partial charge in [0.2, 0.25) is 0 Å². The number of benzene rings is 1. The van der Waals surface area contributed by atoms with Crippen molar-refractivity contribution in [3.63, 3.8) is 0 Å². The average molecular weight is 306 g/mol. The highest BCUT2D eigenvalue weighted by atomic mass is 35.5. The summed E-state index contributed by atoms with van der Waals surface area (Å²) in [5.74, 6) is 0.732. The number of pyridine rings is 1. The Morgan fingerprint density at radius 3 is 3.00 bits per heavy atom. The van der Waals surface area contributed by atoms with Crippen LogP contribution in [0.5, 0.6) is 5.75 Å². The number of methoxy groups -OCH3 is 1. The molecule has 4 nitrogen and oxygen atoms in total. The Morgan fingerprint density at radius 2 is 2.25 bits per heavy atom. The van der Waals surface area contributed by atoms with Crippen LogP contribution in [0.15, 0.2) is 36.7 Å². The standard InChI is InChI=1S/C14H12ClN3OS/c1-19-11-5-4-10(15)13-12(11)18-14(20-13)17-8-9-3-2-6-16-7-9/h2-7H,8H2,1H3,(H,17,18). The molecule has 3 aromatic rings. The predicted octanol–water partition coefficient (Wildman–Crippen LogP) is 3.97. The van der Waals surface area contributed by atoms with Gasteiger partial charge in [0.25, 0.3) is 0 Å². The zero-order valence-corrected chi connectivity index (χ0v) is 12.3. The van der Waals surface area contributed by atoms with Crippen LogP contribution in [0.2, 0.25) is 5.02 Å². The van der Waals surface area contributed by atoms with Gasteiger partial charge in [0, 0.05) is 18.9 Å². The summed E-state index contributed by atoms with van der Waals surface area (Å²) < 4.78 is 6.24. The number of nitrogens with one attached hydrogen (secondary N) is 1. The van der Waals surface area contributed by atoms with Crippen LogP contribution < -0.4 is 10.1 Å². The van der Waals surface area contributed by atoms with E-state index in [1.807, 2.05) is 30.5 Å². The summed E-state index contributed by atoms with van der Waals surface area (Å²) in [6.45, 7) is 0.674. The molecule has 0 saturated carbocycles. The number of nitrogens with zero attached hydrogens (tertiary/aromatic N) is 2. The molecule has 0 saturated heterocycles. The van der Waals surface area contributed by atoms with Crippen molar-refractivity contribution in [3.05, 3.63) is 47.2 Å². The van der Waals surface area contributed by atoms with E-state index in [-0.39, 0.29) is 0 Å². The van der Waals surface area contributed by atoms with Gasteiger partial charge in [0.15, 0.2) is 5.13 Å². The third kappa shape index (κ3) is 2.55. The average Bonchev–Trinajstić information content (AvgIpc) is 2.92. The van der Waals surface area contributed by atoms with Gasteiger partial charge in [-0.1, -0.05) is 29.0 Å². The van der Waals surface area contributed by atoms with Gasteiger partial charge in [-0.2, -0.15) is 0 Å². The number of thiazole rings is 1. The maximum absolute atomic E-state index is 6.19. The van der Waals surface area contributed by atoms with E-state index >= 15 is 0 Å². The summed E-state index contributed by atoms with van der Waals surface area (Å²) in [4.78, 5) is 8.62. The molecular formula is C14H12ClN3OS. The second kappa shape index (κ2) is 5.64. The van der Waals surface area contributed by atoms with Crippen LogP contribution in [0.1, 0.15) is 5.56 Å². The van der Waals surface area contributed by atoms with Crippen LogP contribution >= 0.6 is 22.9 Å². The Morgan fingerprint density at radius 1 is 1.35 bits per heavy atom. The number of aromatic nitrogens is 2. The molecule has 0 radical (unpaired) electrons. The molecule has 2 heterocycles. The van der Waals surface area contributed by atoms with E-state index in [1.165, 1.54) is 11.3 Å². The summed E-state index contributed by atoms with van der Waals surface area (Å²) in [5, 5.41) is 4.78. The van der Waals surface area contributed by atoms with E-state index in [4.69, 9.17) is 16.3 Å². The van der Waals surface area contributed by atoms with Crippen LogP contribution in [0.4, 0.5) is 5.13 Å². The lowest BCUT2D eigenvalue weighted by Crippen LogP contribution is -1.98. The summed E-state index contributed by atoms with van der Waals surface area (Å²) in [5.41, 5.74) is 1.89. The van der Waals surface area contributed by atoms with Crippen molar-refractivity contribution in [2.24, 2.45) is 0 Å². The van der Waals surface area contributed by atoms with E-state index in [0.717, 1.165) is 26.7 Å². The number of ether oxygens (including phenoxy) is 1. The Labute approximate surface area is 125 Å². The second-order valence-corrected chi connectivity index (χ2v) is 5.57. The van der Waals surface area contributed by atoms with Gasteiger partial charge in [-0.15, -0.1) is 0 Å². The molecule has 1 N–H and O–H groups in total. The van der Waals surface area contributed by atoms with E-state index in [0.29, 0.717) is 11.6 Å². The van der Waals surface area contributed by atoms with Crippen molar-refractivity contribution in [1.82, 2.24) is 9.97 Å². The Kier molecular flexibility index (Phi) is 3.71. The van der Waals surface area contributed by atoms with Crippen molar-refractivity contribution in [3.8, 4) is 5.75 Å². The first-order valence-corrected chi connectivity index (χ1v) is 7.23. The highest BCUT2D eigenvalue weighted by molar-refractivity contribution is 7.22. The number of hydrogen-bond acceptors (Lipinski definition) is 5. The number of anilines is 1. The molecule has 6 heteroatoms. The normalized spacial score (nSPS) is 10.7. The first-order chi connectivity index (χ1) is 9.78. The van der Waals surface area contributed by atoms with Crippen molar-refractivity contribution in [2.75, 3.05) is 12.4 Å². The van der Waals surface area contributed by atoms with Gasteiger partial charge in [0.05, 0.1) is 16.8 Å². The lowest BCUT2D eigenvalue weighted by atomic mass is 10.3. The number of halogens is 1. The monoisotopic (exact) mass is 305 g/mol. The molecule has 0 bridgehead atoms.